The minimum Gasteiger partial charge on any atom is -0.392 e. The second-order valence-electron chi connectivity index (χ2n) is 4.63. The Labute approximate surface area is 100 Å². The molecule has 0 aliphatic carbocycles. The smallest absolute Gasteiger partial charge is 0.125 e. The van der Waals surface area contributed by atoms with Crippen molar-refractivity contribution in [1.82, 2.24) is 0 Å². The highest BCUT2D eigenvalue weighted by molar-refractivity contribution is 5.54. The molecule has 0 saturated heterocycles. The van der Waals surface area contributed by atoms with Crippen LogP contribution in [0.25, 0.3) is 0 Å². The molecule has 1 N–H and O–H groups in total. The number of hydrogen-bond donors (Lipinski definition) is 1. The molecule has 0 aliphatic heterocycles. The zero-order valence-electron chi connectivity index (χ0n) is 10.7. The maximum Gasteiger partial charge on any atom is 0.125 e. The molecule has 0 aromatic heterocycles. The molecule has 2 nitrogen and oxygen atoms in total. The van der Waals surface area contributed by atoms with E-state index in [-0.39, 0.29) is 5.92 Å². The van der Waals surface area contributed by atoms with Crippen LogP contribution in [0.1, 0.15) is 64.7 Å². The first-order valence-electron chi connectivity index (χ1n) is 6.68. The van der Waals surface area contributed by atoms with Gasteiger partial charge in [0.15, 0.2) is 0 Å². The molecule has 0 aromatic rings. The molecule has 2 unspecified atom stereocenters. The van der Waals surface area contributed by atoms with Crippen molar-refractivity contribution in [1.29, 1.82) is 0 Å². The highest BCUT2D eigenvalue weighted by Crippen LogP contribution is 2.14. The zero-order chi connectivity index (χ0) is 12.2. The average molecular weight is 227 g/mol. The molecule has 0 bridgehead atoms. The number of carbonyl (C=O) groups excluding carboxylic acids is 1. The fourth-order valence-corrected chi connectivity index (χ4v) is 1.87. The molecular weight excluding hydrogens is 200 g/mol. The van der Waals surface area contributed by atoms with Gasteiger partial charge in [0.05, 0.1) is 6.10 Å². The zero-order valence-corrected chi connectivity index (χ0v) is 10.7. The second kappa shape index (κ2) is 11.1. The van der Waals surface area contributed by atoms with E-state index >= 15 is 0 Å². The van der Waals surface area contributed by atoms with Gasteiger partial charge in [-0.3, -0.25) is 0 Å². The summed E-state index contributed by atoms with van der Waals surface area (Å²) >= 11 is 0. The molecule has 0 heterocycles. The van der Waals surface area contributed by atoms with Gasteiger partial charge in [0.1, 0.15) is 6.29 Å². The van der Waals surface area contributed by atoms with Gasteiger partial charge in [-0.1, -0.05) is 58.3 Å². The largest absolute Gasteiger partial charge is 0.392 e. The lowest BCUT2D eigenvalue weighted by molar-refractivity contribution is -0.113. The molecule has 95 valence electrons. The number of aldehydes is 1. The highest BCUT2D eigenvalue weighted by atomic mass is 16.3. The topological polar surface area (TPSA) is 37.3 Å². The normalized spacial score (nSPS) is 14.7. The molecule has 0 saturated carbocycles. The minimum absolute atomic E-state index is 0.264. The number of aliphatic hydroxyl groups is 1. The predicted octanol–water partition coefficient (Wildman–Crippen LogP) is 3.53. The van der Waals surface area contributed by atoms with Crippen molar-refractivity contribution >= 4 is 6.29 Å². The SMILES string of the molecule is [CH2]C(O)C(C=O)CCCCCCCCCC. The lowest BCUT2D eigenvalue weighted by atomic mass is 9.97. The lowest BCUT2D eigenvalue weighted by Gasteiger charge is -2.12. The van der Waals surface area contributed by atoms with E-state index in [1.807, 2.05) is 0 Å². The number of aliphatic hydroxyl groups excluding tert-OH is 1. The second-order valence-corrected chi connectivity index (χ2v) is 4.63. The first-order chi connectivity index (χ1) is 7.72. The summed E-state index contributed by atoms with van der Waals surface area (Å²) in [7, 11) is 0. The van der Waals surface area contributed by atoms with Gasteiger partial charge in [0.25, 0.3) is 0 Å². The molecule has 0 fully saturated rings. The summed E-state index contributed by atoms with van der Waals surface area (Å²) in [5.41, 5.74) is 0. The third kappa shape index (κ3) is 8.90. The summed E-state index contributed by atoms with van der Waals surface area (Å²) in [6, 6.07) is 0. The Kier molecular flexibility index (Phi) is 10.9. The Hall–Kier alpha value is -0.370. The van der Waals surface area contributed by atoms with Gasteiger partial charge in [-0.25, -0.2) is 0 Å². The summed E-state index contributed by atoms with van der Waals surface area (Å²) in [5.74, 6) is -0.264. The van der Waals surface area contributed by atoms with Crippen molar-refractivity contribution in [2.24, 2.45) is 5.92 Å². The van der Waals surface area contributed by atoms with Crippen LogP contribution in [0.2, 0.25) is 0 Å². The van der Waals surface area contributed by atoms with Crippen LogP contribution in [-0.4, -0.2) is 17.5 Å². The van der Waals surface area contributed by atoms with E-state index in [0.717, 1.165) is 19.1 Å². The maximum atomic E-state index is 10.6. The van der Waals surface area contributed by atoms with Crippen LogP contribution in [0.4, 0.5) is 0 Å². The van der Waals surface area contributed by atoms with Crippen LogP contribution in [0.15, 0.2) is 0 Å². The first kappa shape index (κ1) is 15.6. The van der Waals surface area contributed by atoms with E-state index in [1.54, 1.807) is 0 Å². The maximum absolute atomic E-state index is 10.6. The minimum atomic E-state index is -0.734. The van der Waals surface area contributed by atoms with Crippen molar-refractivity contribution in [2.75, 3.05) is 0 Å². The van der Waals surface area contributed by atoms with E-state index in [1.165, 1.54) is 44.9 Å². The van der Waals surface area contributed by atoms with Crippen LogP contribution >= 0.6 is 0 Å². The van der Waals surface area contributed by atoms with Crippen molar-refractivity contribution in [3.63, 3.8) is 0 Å². The number of carbonyl (C=O) groups is 1. The summed E-state index contributed by atoms with van der Waals surface area (Å²) < 4.78 is 0. The van der Waals surface area contributed by atoms with Crippen LogP contribution in [0.3, 0.4) is 0 Å². The highest BCUT2D eigenvalue weighted by Gasteiger charge is 2.12. The molecule has 0 spiro atoms. The Morgan fingerprint density at radius 3 is 2.00 bits per heavy atom. The number of hydrogen-bond acceptors (Lipinski definition) is 2. The summed E-state index contributed by atoms with van der Waals surface area (Å²) in [4.78, 5) is 10.6. The molecule has 2 atom stereocenters. The number of rotatable bonds is 11. The standard InChI is InChI=1S/C14H27O2/c1-3-4-5-6-7-8-9-10-11-14(12-15)13(2)16/h12-14,16H,2-11H2,1H3. The Morgan fingerprint density at radius 2 is 1.56 bits per heavy atom. The molecule has 0 aromatic carbocycles. The average Bonchev–Trinajstić information content (AvgIpc) is 2.26. The molecule has 16 heavy (non-hydrogen) atoms. The summed E-state index contributed by atoms with van der Waals surface area (Å²) in [6.45, 7) is 5.71. The van der Waals surface area contributed by atoms with E-state index in [4.69, 9.17) is 5.11 Å². The Bertz CT molecular complexity index is 155. The van der Waals surface area contributed by atoms with Gasteiger partial charge in [-0.05, 0) is 13.3 Å². The van der Waals surface area contributed by atoms with Crippen molar-refractivity contribution in [2.45, 2.75) is 70.8 Å². The molecule has 0 amide bonds. The van der Waals surface area contributed by atoms with E-state index in [2.05, 4.69) is 13.8 Å². The fourth-order valence-electron chi connectivity index (χ4n) is 1.87. The van der Waals surface area contributed by atoms with Crippen molar-refractivity contribution < 1.29 is 9.90 Å². The Balaban J connectivity index is 3.22. The molecule has 0 aliphatic rings. The molecule has 2 heteroatoms. The van der Waals surface area contributed by atoms with Crippen molar-refractivity contribution in [3.8, 4) is 0 Å². The summed E-state index contributed by atoms with van der Waals surface area (Å²) in [5, 5.41) is 9.17. The van der Waals surface area contributed by atoms with E-state index in [9.17, 15) is 4.79 Å². The van der Waals surface area contributed by atoms with Gasteiger partial charge in [0, 0.05) is 5.92 Å². The predicted molar refractivity (Wildman–Crippen MR) is 68.1 cm³/mol. The fraction of sp³-hybridized carbons (Fsp3) is 0.857. The van der Waals surface area contributed by atoms with Crippen LogP contribution in [0, 0.1) is 12.8 Å². The Morgan fingerprint density at radius 1 is 1.06 bits per heavy atom. The van der Waals surface area contributed by atoms with Gasteiger partial charge in [-0.15, -0.1) is 0 Å². The van der Waals surface area contributed by atoms with Crippen LogP contribution in [0.5, 0.6) is 0 Å². The van der Waals surface area contributed by atoms with Gasteiger partial charge in [0.2, 0.25) is 0 Å². The van der Waals surface area contributed by atoms with Crippen LogP contribution < -0.4 is 0 Å². The number of unbranched alkanes of at least 4 members (excludes halogenated alkanes) is 7. The summed E-state index contributed by atoms with van der Waals surface area (Å²) in [6.07, 6.45) is 11.0. The van der Waals surface area contributed by atoms with Gasteiger partial charge >= 0.3 is 0 Å². The third-order valence-corrected chi connectivity index (χ3v) is 3.06. The quantitative estimate of drug-likeness (QED) is 0.433. The van der Waals surface area contributed by atoms with Crippen LogP contribution in [-0.2, 0) is 4.79 Å². The van der Waals surface area contributed by atoms with E-state index < -0.39 is 6.10 Å². The molecule has 0 rings (SSSR count). The van der Waals surface area contributed by atoms with Crippen molar-refractivity contribution in [3.05, 3.63) is 6.92 Å². The van der Waals surface area contributed by atoms with E-state index in [0.29, 0.717) is 0 Å². The lowest BCUT2D eigenvalue weighted by Crippen LogP contribution is -2.18. The monoisotopic (exact) mass is 227 g/mol. The molecule has 1 radical (unpaired) electrons. The van der Waals surface area contributed by atoms with Gasteiger partial charge < -0.3 is 9.90 Å². The first-order valence-corrected chi connectivity index (χ1v) is 6.68. The molecular formula is C14H27O2. The third-order valence-electron chi connectivity index (χ3n) is 3.06. The van der Waals surface area contributed by atoms with Gasteiger partial charge in [-0.2, -0.15) is 0 Å².